The number of halogens is 1. The zero-order valence-corrected chi connectivity index (χ0v) is 16.5. The molecule has 0 amide bonds. The Hall–Kier alpha value is -1.08. The van der Waals surface area contributed by atoms with Crippen molar-refractivity contribution in [2.45, 2.75) is 19.4 Å². The molecule has 1 N–H and O–H groups in total. The summed E-state index contributed by atoms with van der Waals surface area (Å²) in [7, 11) is 4.04. The molecule has 0 aliphatic rings. The number of thiophene rings is 1. The van der Waals surface area contributed by atoms with E-state index < -0.39 is 0 Å². The average molecular weight is 429 g/mol. The maximum atomic E-state index is 4.68. The smallest absolute Gasteiger partial charge is 0.193 e. The average Bonchev–Trinajstić information content (AvgIpc) is 3.02. The van der Waals surface area contributed by atoms with E-state index in [0.717, 1.165) is 12.5 Å². The van der Waals surface area contributed by atoms with Crippen molar-refractivity contribution in [2.75, 3.05) is 20.6 Å². The number of guanidine groups is 1. The van der Waals surface area contributed by atoms with Gasteiger partial charge in [-0.1, -0.05) is 43.3 Å². The first-order chi connectivity index (χ1) is 10.2. The second kappa shape index (κ2) is 9.84. The summed E-state index contributed by atoms with van der Waals surface area (Å²) in [4.78, 5) is 8.12. The molecule has 120 valence electrons. The Bertz CT molecular complexity index is 553. The molecule has 0 aliphatic heterocycles. The van der Waals surface area contributed by atoms with Gasteiger partial charge in [0.2, 0.25) is 0 Å². The van der Waals surface area contributed by atoms with Crippen molar-refractivity contribution in [2.24, 2.45) is 4.99 Å². The van der Waals surface area contributed by atoms with Crippen LogP contribution in [0.15, 0.2) is 52.8 Å². The Morgan fingerprint density at radius 3 is 2.50 bits per heavy atom. The molecular weight excluding hydrogens is 405 g/mol. The molecule has 22 heavy (non-hydrogen) atoms. The van der Waals surface area contributed by atoms with Crippen molar-refractivity contribution in [3.05, 3.63) is 58.3 Å². The minimum Gasteiger partial charge on any atom is -0.356 e. The zero-order valence-electron chi connectivity index (χ0n) is 13.3. The van der Waals surface area contributed by atoms with Gasteiger partial charge in [0.15, 0.2) is 5.96 Å². The first-order valence-electron chi connectivity index (χ1n) is 7.20. The van der Waals surface area contributed by atoms with Gasteiger partial charge in [-0.25, -0.2) is 4.99 Å². The molecule has 0 aliphatic carbocycles. The van der Waals surface area contributed by atoms with Crippen LogP contribution in [0.4, 0.5) is 0 Å². The van der Waals surface area contributed by atoms with Crippen molar-refractivity contribution < 1.29 is 0 Å². The lowest BCUT2D eigenvalue weighted by Gasteiger charge is -2.20. The second-order valence-electron chi connectivity index (χ2n) is 5.32. The number of hydrogen-bond acceptors (Lipinski definition) is 2. The lowest BCUT2D eigenvalue weighted by atomic mass is 10.1. The van der Waals surface area contributed by atoms with Crippen LogP contribution in [0.5, 0.6) is 0 Å². The summed E-state index contributed by atoms with van der Waals surface area (Å²) in [5.74, 6) is 1.43. The number of hydrogen-bond donors (Lipinski definition) is 1. The Kier molecular flexibility index (Phi) is 8.48. The largest absolute Gasteiger partial charge is 0.356 e. The van der Waals surface area contributed by atoms with Crippen LogP contribution < -0.4 is 5.32 Å². The van der Waals surface area contributed by atoms with Crippen LogP contribution in [0.25, 0.3) is 0 Å². The van der Waals surface area contributed by atoms with Gasteiger partial charge in [0.05, 0.1) is 6.54 Å². The summed E-state index contributed by atoms with van der Waals surface area (Å²) >= 11 is 1.81. The summed E-state index contributed by atoms with van der Waals surface area (Å²) < 4.78 is 0. The molecule has 2 rings (SSSR count). The van der Waals surface area contributed by atoms with Gasteiger partial charge in [-0.2, -0.15) is 0 Å². The monoisotopic (exact) mass is 429 g/mol. The van der Waals surface area contributed by atoms with Gasteiger partial charge >= 0.3 is 0 Å². The number of benzene rings is 1. The molecule has 0 spiro atoms. The maximum Gasteiger partial charge on any atom is 0.193 e. The molecule has 0 radical (unpaired) electrons. The van der Waals surface area contributed by atoms with E-state index in [2.05, 4.69) is 46.9 Å². The molecule has 1 heterocycles. The van der Waals surface area contributed by atoms with Gasteiger partial charge in [0.1, 0.15) is 0 Å². The molecule has 3 nitrogen and oxygen atoms in total. The highest BCUT2D eigenvalue weighted by molar-refractivity contribution is 14.0. The molecule has 0 saturated heterocycles. The standard InChI is InChI=1S/C17H23N3S.HI/c1-14(16-10-7-11-21-16)12-18-17(20(2)3)19-13-15-8-5-4-6-9-15;/h4-11,14H,12-13H2,1-3H3,(H,18,19);1H. The number of nitrogens with zero attached hydrogens (tertiary/aromatic N) is 2. The highest BCUT2D eigenvalue weighted by atomic mass is 127. The third kappa shape index (κ3) is 5.96. The first-order valence-corrected chi connectivity index (χ1v) is 8.07. The predicted octanol–water partition coefficient (Wildman–Crippen LogP) is 4.18. The molecule has 1 atom stereocenters. The van der Waals surface area contributed by atoms with Gasteiger partial charge < -0.3 is 10.2 Å². The van der Waals surface area contributed by atoms with E-state index in [0.29, 0.717) is 12.5 Å². The zero-order chi connectivity index (χ0) is 15.1. The first kappa shape index (κ1) is 19.0. The molecule has 0 saturated carbocycles. The summed E-state index contributed by atoms with van der Waals surface area (Å²) in [6, 6.07) is 14.6. The highest BCUT2D eigenvalue weighted by Gasteiger charge is 2.08. The fourth-order valence-electron chi connectivity index (χ4n) is 2.02. The Morgan fingerprint density at radius 2 is 1.91 bits per heavy atom. The van der Waals surface area contributed by atoms with E-state index in [-0.39, 0.29) is 24.0 Å². The van der Waals surface area contributed by atoms with Crippen LogP contribution >= 0.6 is 35.3 Å². The number of aliphatic imine (C=N–C) groups is 1. The van der Waals surface area contributed by atoms with E-state index in [1.54, 1.807) is 0 Å². The third-order valence-corrected chi connectivity index (χ3v) is 4.38. The van der Waals surface area contributed by atoms with Crippen LogP contribution in [0.1, 0.15) is 23.3 Å². The van der Waals surface area contributed by atoms with Crippen molar-refractivity contribution in [3.8, 4) is 0 Å². The van der Waals surface area contributed by atoms with Gasteiger partial charge in [-0.3, -0.25) is 0 Å². The Morgan fingerprint density at radius 1 is 1.18 bits per heavy atom. The van der Waals surface area contributed by atoms with Gasteiger partial charge in [0, 0.05) is 31.4 Å². The topological polar surface area (TPSA) is 27.6 Å². The van der Waals surface area contributed by atoms with E-state index in [4.69, 9.17) is 0 Å². The maximum absolute atomic E-state index is 4.68. The quantitative estimate of drug-likeness (QED) is 0.439. The van der Waals surface area contributed by atoms with E-state index >= 15 is 0 Å². The lowest BCUT2D eigenvalue weighted by Crippen LogP contribution is -2.38. The van der Waals surface area contributed by atoms with Crippen LogP contribution in [0.2, 0.25) is 0 Å². The molecular formula is C17H24IN3S. The minimum atomic E-state index is 0. The van der Waals surface area contributed by atoms with Crippen LogP contribution in [0.3, 0.4) is 0 Å². The fraction of sp³-hybridized carbons (Fsp3) is 0.353. The molecule has 1 aromatic heterocycles. The van der Waals surface area contributed by atoms with Crippen molar-refractivity contribution in [3.63, 3.8) is 0 Å². The van der Waals surface area contributed by atoms with E-state index in [1.807, 2.05) is 48.5 Å². The minimum absolute atomic E-state index is 0. The summed E-state index contributed by atoms with van der Waals surface area (Å²) in [5.41, 5.74) is 1.23. The third-order valence-electron chi connectivity index (χ3n) is 3.27. The van der Waals surface area contributed by atoms with Gasteiger partial charge in [-0.05, 0) is 17.0 Å². The van der Waals surface area contributed by atoms with Gasteiger partial charge in [-0.15, -0.1) is 35.3 Å². The van der Waals surface area contributed by atoms with Crippen LogP contribution in [-0.4, -0.2) is 31.5 Å². The molecule has 5 heteroatoms. The molecule has 0 fully saturated rings. The highest BCUT2D eigenvalue weighted by Crippen LogP contribution is 2.19. The normalized spacial score (nSPS) is 12.4. The fourth-order valence-corrected chi connectivity index (χ4v) is 2.81. The molecule has 0 bridgehead atoms. The summed E-state index contributed by atoms with van der Waals surface area (Å²) in [5, 5.41) is 5.59. The predicted molar refractivity (Wildman–Crippen MR) is 107 cm³/mol. The molecule has 1 aromatic carbocycles. The second-order valence-corrected chi connectivity index (χ2v) is 6.30. The SMILES string of the molecule is CC(CNC(=NCc1ccccc1)N(C)C)c1cccs1.I. The van der Waals surface area contributed by atoms with Crippen molar-refractivity contribution in [1.82, 2.24) is 10.2 Å². The number of nitrogens with one attached hydrogen (secondary N) is 1. The van der Waals surface area contributed by atoms with Crippen molar-refractivity contribution in [1.29, 1.82) is 0 Å². The van der Waals surface area contributed by atoms with E-state index in [9.17, 15) is 0 Å². The molecule has 1 unspecified atom stereocenters. The Labute approximate surface area is 154 Å². The number of rotatable bonds is 5. The summed E-state index contributed by atoms with van der Waals surface area (Å²) in [6.07, 6.45) is 0. The molecule has 2 aromatic rings. The van der Waals surface area contributed by atoms with Gasteiger partial charge in [0.25, 0.3) is 0 Å². The summed E-state index contributed by atoms with van der Waals surface area (Å²) in [6.45, 7) is 3.84. The van der Waals surface area contributed by atoms with Crippen LogP contribution in [0, 0.1) is 0 Å². The van der Waals surface area contributed by atoms with Crippen LogP contribution in [-0.2, 0) is 6.54 Å². The Balaban J connectivity index is 0.00000242. The lowest BCUT2D eigenvalue weighted by molar-refractivity contribution is 0.569. The van der Waals surface area contributed by atoms with Crippen molar-refractivity contribution >= 4 is 41.3 Å². The van der Waals surface area contributed by atoms with E-state index in [1.165, 1.54) is 10.4 Å².